The Morgan fingerprint density at radius 2 is 2.12 bits per heavy atom. The largest absolute Gasteiger partial charge is 0.405 e. The highest BCUT2D eigenvalue weighted by atomic mass is 16.5. The summed E-state index contributed by atoms with van der Waals surface area (Å²) in [4.78, 5) is 2.12. The molecule has 0 radical (unpaired) electrons. The maximum atomic E-state index is 5.76. The van der Waals surface area contributed by atoms with Gasteiger partial charge >= 0.3 is 6.01 Å². The van der Waals surface area contributed by atoms with Crippen molar-refractivity contribution in [2.75, 3.05) is 37.7 Å². The van der Waals surface area contributed by atoms with E-state index in [0.717, 1.165) is 45.6 Å². The van der Waals surface area contributed by atoms with Crippen molar-refractivity contribution in [2.24, 2.45) is 0 Å². The molecule has 17 heavy (non-hydrogen) atoms. The van der Waals surface area contributed by atoms with Gasteiger partial charge in [-0.15, -0.1) is 5.10 Å². The minimum absolute atomic E-state index is 0.376. The zero-order chi connectivity index (χ0) is 11.7. The molecule has 6 nitrogen and oxygen atoms in total. The quantitative estimate of drug-likeness (QED) is 0.809. The lowest BCUT2D eigenvalue weighted by Crippen LogP contribution is -2.43. The molecule has 0 bridgehead atoms. The van der Waals surface area contributed by atoms with Gasteiger partial charge in [-0.3, -0.25) is 0 Å². The first kappa shape index (κ1) is 11.0. The molecule has 2 saturated heterocycles. The molecule has 1 unspecified atom stereocenters. The number of hydrogen-bond acceptors (Lipinski definition) is 6. The second-order valence-corrected chi connectivity index (χ2v) is 4.81. The van der Waals surface area contributed by atoms with Gasteiger partial charge in [0.1, 0.15) is 5.60 Å². The van der Waals surface area contributed by atoms with E-state index in [4.69, 9.17) is 9.15 Å². The zero-order valence-corrected chi connectivity index (χ0v) is 10.1. The zero-order valence-electron chi connectivity index (χ0n) is 10.1. The number of aromatic nitrogens is 2. The first-order chi connectivity index (χ1) is 8.28. The van der Waals surface area contributed by atoms with Crippen LogP contribution < -0.4 is 10.2 Å². The van der Waals surface area contributed by atoms with Crippen molar-refractivity contribution in [3.8, 4) is 0 Å². The fraction of sp³-hybridized carbons (Fsp3) is 0.818. The third-order valence-corrected chi connectivity index (χ3v) is 3.47. The van der Waals surface area contributed by atoms with Crippen LogP contribution in [0.25, 0.3) is 0 Å². The Kier molecular flexibility index (Phi) is 2.76. The van der Waals surface area contributed by atoms with E-state index in [9.17, 15) is 0 Å². The normalized spacial score (nSPS) is 29.8. The lowest BCUT2D eigenvalue weighted by molar-refractivity contribution is -0.00513. The lowest BCUT2D eigenvalue weighted by Gasteiger charge is -2.25. The summed E-state index contributed by atoms with van der Waals surface area (Å²) < 4.78 is 11.5. The second-order valence-electron chi connectivity index (χ2n) is 4.81. The van der Waals surface area contributed by atoms with Crippen molar-refractivity contribution in [1.29, 1.82) is 0 Å². The van der Waals surface area contributed by atoms with Gasteiger partial charge in [-0.05, 0) is 19.8 Å². The Balaban J connectivity index is 1.77. The number of anilines is 1. The maximum absolute atomic E-state index is 5.76. The molecular weight excluding hydrogens is 220 g/mol. The van der Waals surface area contributed by atoms with Gasteiger partial charge in [0.15, 0.2) is 0 Å². The molecule has 2 aliphatic heterocycles. The molecule has 2 aliphatic rings. The van der Waals surface area contributed by atoms with Crippen LogP contribution in [-0.4, -0.2) is 43.0 Å². The third-order valence-electron chi connectivity index (χ3n) is 3.47. The van der Waals surface area contributed by atoms with Crippen molar-refractivity contribution in [3.05, 3.63) is 5.89 Å². The highest BCUT2D eigenvalue weighted by molar-refractivity contribution is 5.25. The fourth-order valence-electron chi connectivity index (χ4n) is 2.36. The molecule has 1 aromatic heterocycles. The highest BCUT2D eigenvalue weighted by Gasteiger charge is 2.37. The van der Waals surface area contributed by atoms with E-state index in [1.54, 1.807) is 0 Å². The van der Waals surface area contributed by atoms with Crippen molar-refractivity contribution in [2.45, 2.75) is 25.4 Å². The van der Waals surface area contributed by atoms with Gasteiger partial charge in [-0.2, -0.15) is 0 Å². The Morgan fingerprint density at radius 3 is 2.82 bits per heavy atom. The third kappa shape index (κ3) is 2.02. The van der Waals surface area contributed by atoms with E-state index in [1.807, 2.05) is 6.92 Å². The van der Waals surface area contributed by atoms with Crippen LogP contribution >= 0.6 is 0 Å². The van der Waals surface area contributed by atoms with Gasteiger partial charge in [0.25, 0.3) is 0 Å². The van der Waals surface area contributed by atoms with Crippen LogP contribution in [0.5, 0.6) is 0 Å². The number of rotatable bonds is 2. The summed E-state index contributed by atoms with van der Waals surface area (Å²) >= 11 is 0. The molecule has 0 spiro atoms. The van der Waals surface area contributed by atoms with Crippen LogP contribution in [0.2, 0.25) is 0 Å². The summed E-state index contributed by atoms with van der Waals surface area (Å²) in [5.41, 5.74) is -0.376. The maximum Gasteiger partial charge on any atom is 0.318 e. The van der Waals surface area contributed by atoms with Gasteiger partial charge < -0.3 is 19.4 Å². The minimum atomic E-state index is -0.376. The predicted octanol–water partition coefficient (Wildman–Crippen LogP) is 0.505. The summed E-state index contributed by atoms with van der Waals surface area (Å²) in [6.45, 7) is 6.56. The lowest BCUT2D eigenvalue weighted by atomic mass is 10.0. The summed E-state index contributed by atoms with van der Waals surface area (Å²) in [7, 11) is 0. The molecule has 1 aromatic rings. The van der Waals surface area contributed by atoms with Crippen LogP contribution in [0, 0.1) is 0 Å². The molecule has 2 fully saturated rings. The SMILES string of the molecule is CC1(c2nnc(N3CCNCC3)o2)CCCO1. The van der Waals surface area contributed by atoms with E-state index in [2.05, 4.69) is 20.4 Å². The van der Waals surface area contributed by atoms with Gasteiger partial charge in [0, 0.05) is 32.8 Å². The highest BCUT2D eigenvalue weighted by Crippen LogP contribution is 2.35. The van der Waals surface area contributed by atoms with Crippen LogP contribution in [0.3, 0.4) is 0 Å². The minimum Gasteiger partial charge on any atom is -0.405 e. The molecule has 0 amide bonds. The summed E-state index contributed by atoms with van der Waals surface area (Å²) in [5, 5.41) is 11.6. The average molecular weight is 238 g/mol. The average Bonchev–Trinajstić information content (AvgIpc) is 2.99. The molecule has 6 heteroatoms. The molecule has 94 valence electrons. The molecule has 0 saturated carbocycles. The Morgan fingerprint density at radius 1 is 1.29 bits per heavy atom. The topological polar surface area (TPSA) is 63.4 Å². The number of nitrogens with one attached hydrogen (secondary N) is 1. The van der Waals surface area contributed by atoms with Gasteiger partial charge in [0.2, 0.25) is 5.89 Å². The number of piperazine rings is 1. The monoisotopic (exact) mass is 238 g/mol. The van der Waals surface area contributed by atoms with Crippen molar-refractivity contribution < 1.29 is 9.15 Å². The number of ether oxygens (including phenoxy) is 1. The van der Waals surface area contributed by atoms with Gasteiger partial charge in [0.05, 0.1) is 0 Å². The van der Waals surface area contributed by atoms with E-state index in [1.165, 1.54) is 0 Å². The molecule has 1 N–H and O–H groups in total. The molecule has 3 rings (SSSR count). The second kappa shape index (κ2) is 4.27. The van der Waals surface area contributed by atoms with Crippen LogP contribution in [-0.2, 0) is 10.3 Å². The van der Waals surface area contributed by atoms with Crippen LogP contribution in [0.4, 0.5) is 6.01 Å². The van der Waals surface area contributed by atoms with Crippen molar-refractivity contribution in [1.82, 2.24) is 15.5 Å². The molecule has 1 atom stereocenters. The number of hydrogen-bond donors (Lipinski definition) is 1. The van der Waals surface area contributed by atoms with Gasteiger partial charge in [-0.1, -0.05) is 5.10 Å². The van der Waals surface area contributed by atoms with E-state index in [0.29, 0.717) is 11.9 Å². The predicted molar refractivity (Wildman–Crippen MR) is 61.9 cm³/mol. The smallest absolute Gasteiger partial charge is 0.318 e. The molecule has 0 aliphatic carbocycles. The van der Waals surface area contributed by atoms with E-state index < -0.39 is 0 Å². The van der Waals surface area contributed by atoms with E-state index in [-0.39, 0.29) is 5.60 Å². The van der Waals surface area contributed by atoms with Crippen LogP contribution in [0.1, 0.15) is 25.7 Å². The van der Waals surface area contributed by atoms with Gasteiger partial charge in [-0.25, -0.2) is 0 Å². The summed E-state index contributed by atoms with van der Waals surface area (Å²) in [5.74, 6) is 0.614. The summed E-state index contributed by atoms with van der Waals surface area (Å²) in [6, 6.07) is 0.623. The Labute approximate surface area is 100 Å². The fourth-order valence-corrected chi connectivity index (χ4v) is 2.36. The Bertz CT molecular complexity index is 381. The molecule has 0 aromatic carbocycles. The van der Waals surface area contributed by atoms with E-state index >= 15 is 0 Å². The first-order valence-corrected chi connectivity index (χ1v) is 6.21. The molecular formula is C11H18N4O2. The number of nitrogens with zero attached hydrogens (tertiary/aromatic N) is 3. The standard InChI is InChI=1S/C11H18N4O2/c1-11(3-2-8-16-11)9-13-14-10(17-9)15-6-4-12-5-7-15/h12H,2-8H2,1H3. The Hall–Kier alpha value is -1.14. The van der Waals surface area contributed by atoms with Crippen LogP contribution in [0.15, 0.2) is 4.42 Å². The summed E-state index contributed by atoms with van der Waals surface area (Å²) in [6.07, 6.45) is 2.01. The first-order valence-electron chi connectivity index (χ1n) is 6.21. The van der Waals surface area contributed by atoms with Crippen molar-refractivity contribution >= 4 is 6.01 Å². The van der Waals surface area contributed by atoms with Crippen molar-refractivity contribution in [3.63, 3.8) is 0 Å². The molecule has 3 heterocycles.